The number of amides is 1. The molecule has 0 aliphatic carbocycles. The van der Waals surface area contributed by atoms with Gasteiger partial charge in [-0.05, 0) is 57.0 Å². The molecule has 154 valence electrons. The second-order valence-corrected chi connectivity index (χ2v) is 8.32. The van der Waals surface area contributed by atoms with E-state index >= 15 is 0 Å². The third-order valence-corrected chi connectivity index (χ3v) is 6.45. The molecule has 1 aromatic heterocycles. The monoisotopic (exact) mass is 434 g/mol. The van der Waals surface area contributed by atoms with Crippen LogP contribution in [0.5, 0.6) is 11.6 Å². The molecule has 2 aromatic rings. The zero-order chi connectivity index (χ0) is 20.2. The van der Waals surface area contributed by atoms with Crippen LogP contribution in [0.15, 0.2) is 30.3 Å². The van der Waals surface area contributed by atoms with Crippen LogP contribution in [0.4, 0.5) is 0 Å². The lowest BCUT2D eigenvalue weighted by molar-refractivity contribution is 0.0583. The lowest BCUT2D eigenvalue weighted by atomic mass is 9.99. The molecule has 2 aliphatic rings. The van der Waals surface area contributed by atoms with Gasteiger partial charge in [-0.2, -0.15) is 0 Å². The maximum atomic E-state index is 12.8. The summed E-state index contributed by atoms with van der Waals surface area (Å²) in [5.41, 5.74) is 0.325. The van der Waals surface area contributed by atoms with Crippen molar-refractivity contribution in [2.75, 3.05) is 26.2 Å². The molecule has 3 heterocycles. The first-order valence-corrected chi connectivity index (χ1v) is 10.9. The minimum absolute atomic E-state index is 0.0815. The molecule has 0 bridgehead atoms. The Morgan fingerprint density at radius 1 is 0.966 bits per heavy atom. The molecular formula is C21H24Cl2N4O2. The highest BCUT2D eigenvalue weighted by Crippen LogP contribution is 2.33. The van der Waals surface area contributed by atoms with Gasteiger partial charge in [0, 0.05) is 25.2 Å². The molecule has 2 saturated heterocycles. The van der Waals surface area contributed by atoms with Crippen molar-refractivity contribution >= 4 is 29.1 Å². The molecule has 0 atom stereocenters. The third-order valence-electron chi connectivity index (χ3n) is 5.65. The normalized spacial score (nSPS) is 18.6. The Kier molecular flexibility index (Phi) is 6.53. The molecule has 8 heteroatoms. The fourth-order valence-electron chi connectivity index (χ4n) is 4.04. The zero-order valence-corrected chi connectivity index (χ0v) is 17.7. The Hall–Kier alpha value is -1.89. The van der Waals surface area contributed by atoms with Gasteiger partial charge in [0.05, 0.1) is 5.02 Å². The van der Waals surface area contributed by atoms with Gasteiger partial charge in [-0.25, -0.2) is 0 Å². The lowest BCUT2D eigenvalue weighted by Crippen LogP contribution is -2.48. The molecule has 0 spiro atoms. The summed E-state index contributed by atoms with van der Waals surface area (Å²) in [5.74, 6) is 0.573. The first kappa shape index (κ1) is 20.4. The number of nitrogens with zero attached hydrogens (tertiary/aromatic N) is 4. The lowest BCUT2D eigenvalue weighted by Gasteiger charge is -2.40. The number of piperidine rings is 2. The first-order chi connectivity index (χ1) is 14.1. The molecule has 29 heavy (non-hydrogen) atoms. The Balaban J connectivity index is 1.34. The third kappa shape index (κ3) is 4.82. The van der Waals surface area contributed by atoms with E-state index in [0.29, 0.717) is 27.5 Å². The Morgan fingerprint density at radius 3 is 2.41 bits per heavy atom. The summed E-state index contributed by atoms with van der Waals surface area (Å²) in [5, 5.41) is 8.79. The highest BCUT2D eigenvalue weighted by atomic mass is 35.5. The van der Waals surface area contributed by atoms with E-state index in [1.54, 1.807) is 30.3 Å². The van der Waals surface area contributed by atoms with Gasteiger partial charge < -0.3 is 14.5 Å². The molecule has 4 rings (SSSR count). The predicted octanol–water partition coefficient (Wildman–Crippen LogP) is 4.67. The van der Waals surface area contributed by atoms with Crippen molar-refractivity contribution in [1.82, 2.24) is 20.0 Å². The van der Waals surface area contributed by atoms with Crippen LogP contribution < -0.4 is 4.74 Å². The number of aromatic nitrogens is 2. The van der Waals surface area contributed by atoms with E-state index in [1.807, 2.05) is 4.90 Å². The Morgan fingerprint density at radius 2 is 1.72 bits per heavy atom. The van der Waals surface area contributed by atoms with Crippen molar-refractivity contribution in [2.24, 2.45) is 0 Å². The van der Waals surface area contributed by atoms with E-state index < -0.39 is 0 Å². The van der Waals surface area contributed by atoms with E-state index in [-0.39, 0.29) is 11.8 Å². The molecule has 1 aromatic carbocycles. The van der Waals surface area contributed by atoms with Gasteiger partial charge in [0.25, 0.3) is 5.91 Å². The summed E-state index contributed by atoms with van der Waals surface area (Å²) < 4.78 is 5.63. The highest BCUT2D eigenvalue weighted by Gasteiger charge is 2.28. The summed E-state index contributed by atoms with van der Waals surface area (Å²) >= 11 is 12.1. The molecule has 6 nitrogen and oxygen atoms in total. The molecule has 0 radical (unpaired) electrons. The number of benzene rings is 1. The van der Waals surface area contributed by atoms with Crippen LogP contribution in [0, 0.1) is 0 Å². The molecule has 0 saturated carbocycles. The van der Waals surface area contributed by atoms with Gasteiger partial charge in [-0.3, -0.25) is 4.79 Å². The van der Waals surface area contributed by atoms with Crippen LogP contribution in [0.3, 0.4) is 0 Å². The van der Waals surface area contributed by atoms with Crippen LogP contribution in [0.25, 0.3) is 0 Å². The number of halogens is 2. The SMILES string of the molecule is O=C(c1ccc(Oc2cccc(Cl)c2Cl)nn1)N1CCC(N2CCCCC2)CC1. The second kappa shape index (κ2) is 9.28. The highest BCUT2D eigenvalue weighted by molar-refractivity contribution is 6.42. The predicted molar refractivity (Wildman–Crippen MR) is 113 cm³/mol. The van der Waals surface area contributed by atoms with Crippen molar-refractivity contribution in [3.05, 3.63) is 46.1 Å². The number of rotatable bonds is 4. The molecule has 2 fully saturated rings. The van der Waals surface area contributed by atoms with E-state index in [1.165, 1.54) is 32.4 Å². The minimum Gasteiger partial charge on any atom is -0.436 e. The summed E-state index contributed by atoms with van der Waals surface area (Å²) in [6.07, 6.45) is 5.98. The number of carbonyl (C=O) groups is 1. The Bertz CT molecular complexity index is 848. The fourth-order valence-corrected chi connectivity index (χ4v) is 4.37. The molecular weight excluding hydrogens is 411 g/mol. The van der Waals surface area contributed by atoms with Crippen LogP contribution >= 0.6 is 23.2 Å². The minimum atomic E-state index is -0.0815. The van der Waals surface area contributed by atoms with E-state index in [0.717, 1.165) is 25.9 Å². The summed E-state index contributed by atoms with van der Waals surface area (Å²) in [7, 11) is 0. The molecule has 0 unspecified atom stereocenters. The standard InChI is InChI=1S/C21H24Cl2N4O2/c22-16-5-4-6-18(20(16)23)29-19-8-7-17(24-25-19)21(28)27-13-9-15(10-14-27)26-11-2-1-3-12-26/h4-8,15H,1-3,9-14H2. The van der Waals surface area contributed by atoms with E-state index in [4.69, 9.17) is 27.9 Å². The van der Waals surface area contributed by atoms with E-state index in [9.17, 15) is 4.79 Å². The number of ether oxygens (including phenoxy) is 1. The number of carbonyl (C=O) groups excluding carboxylic acids is 1. The quantitative estimate of drug-likeness (QED) is 0.699. The van der Waals surface area contributed by atoms with Crippen molar-refractivity contribution in [3.63, 3.8) is 0 Å². The summed E-state index contributed by atoms with van der Waals surface area (Å²) in [6, 6.07) is 8.98. The topological polar surface area (TPSA) is 58.6 Å². The number of hydrogen-bond acceptors (Lipinski definition) is 5. The number of hydrogen-bond donors (Lipinski definition) is 0. The van der Waals surface area contributed by atoms with Gasteiger partial charge in [-0.15, -0.1) is 10.2 Å². The van der Waals surface area contributed by atoms with Crippen LogP contribution in [-0.4, -0.2) is 58.1 Å². The van der Waals surface area contributed by atoms with Crippen LogP contribution in [-0.2, 0) is 0 Å². The maximum absolute atomic E-state index is 12.8. The second-order valence-electron chi connectivity index (χ2n) is 7.53. The largest absolute Gasteiger partial charge is 0.436 e. The smallest absolute Gasteiger partial charge is 0.274 e. The Labute approximate surface area is 180 Å². The van der Waals surface area contributed by atoms with Crippen molar-refractivity contribution < 1.29 is 9.53 Å². The average molecular weight is 435 g/mol. The van der Waals surface area contributed by atoms with Gasteiger partial charge in [-0.1, -0.05) is 35.7 Å². The summed E-state index contributed by atoms with van der Waals surface area (Å²) in [6.45, 7) is 3.92. The van der Waals surface area contributed by atoms with Crippen molar-refractivity contribution in [1.29, 1.82) is 0 Å². The van der Waals surface area contributed by atoms with Gasteiger partial charge in [0.2, 0.25) is 5.88 Å². The summed E-state index contributed by atoms with van der Waals surface area (Å²) in [4.78, 5) is 17.3. The van der Waals surface area contributed by atoms with Crippen molar-refractivity contribution in [3.8, 4) is 11.6 Å². The van der Waals surface area contributed by atoms with Crippen LogP contribution in [0.1, 0.15) is 42.6 Å². The van der Waals surface area contributed by atoms with Crippen molar-refractivity contribution in [2.45, 2.75) is 38.1 Å². The fraction of sp³-hybridized carbons (Fsp3) is 0.476. The molecule has 2 aliphatic heterocycles. The van der Waals surface area contributed by atoms with Crippen LogP contribution in [0.2, 0.25) is 10.0 Å². The van der Waals surface area contributed by atoms with E-state index in [2.05, 4.69) is 15.1 Å². The average Bonchev–Trinajstić information content (AvgIpc) is 2.78. The number of likely N-dealkylation sites (tertiary alicyclic amines) is 2. The first-order valence-electron chi connectivity index (χ1n) is 10.1. The molecule has 1 amide bonds. The molecule has 0 N–H and O–H groups in total. The maximum Gasteiger partial charge on any atom is 0.274 e. The van der Waals surface area contributed by atoms with Gasteiger partial charge in [0.15, 0.2) is 5.69 Å². The van der Waals surface area contributed by atoms with Gasteiger partial charge in [0.1, 0.15) is 10.8 Å². The zero-order valence-electron chi connectivity index (χ0n) is 16.2. The van der Waals surface area contributed by atoms with Gasteiger partial charge >= 0.3 is 0 Å².